The highest BCUT2D eigenvalue weighted by Gasteiger charge is 2.19. The Labute approximate surface area is 195 Å². The second-order valence-electron chi connectivity index (χ2n) is 10.3. The molecule has 168 valence electrons. The SMILES string of the molecule is Cc1cc(C(C)(C)C)cc(Pc2ccccc2C=NC(C)(C)C)c1OCc1ccccc1. The summed E-state index contributed by atoms with van der Waals surface area (Å²) in [6.45, 7) is 15.9. The van der Waals surface area contributed by atoms with Crippen LogP contribution in [0.25, 0.3) is 0 Å². The molecule has 0 radical (unpaired) electrons. The van der Waals surface area contributed by atoms with Crippen LogP contribution in [-0.2, 0) is 12.0 Å². The zero-order valence-electron chi connectivity index (χ0n) is 20.5. The molecule has 0 amide bonds. The minimum Gasteiger partial charge on any atom is -0.488 e. The van der Waals surface area contributed by atoms with Crippen molar-refractivity contribution in [2.75, 3.05) is 0 Å². The van der Waals surface area contributed by atoms with E-state index in [0.717, 1.165) is 5.75 Å². The normalized spacial score (nSPS) is 12.7. The van der Waals surface area contributed by atoms with E-state index in [1.807, 2.05) is 12.3 Å². The van der Waals surface area contributed by atoms with Crippen LogP contribution < -0.4 is 15.3 Å². The lowest BCUT2D eigenvalue weighted by Crippen LogP contribution is -2.18. The third-order valence-electron chi connectivity index (χ3n) is 5.19. The van der Waals surface area contributed by atoms with Crippen molar-refractivity contribution in [2.24, 2.45) is 4.99 Å². The Morgan fingerprint density at radius 3 is 2.16 bits per heavy atom. The Hall–Kier alpha value is -2.44. The van der Waals surface area contributed by atoms with E-state index in [1.54, 1.807) is 0 Å². The zero-order chi connectivity index (χ0) is 23.4. The molecule has 1 atom stereocenters. The molecule has 0 saturated carbocycles. The van der Waals surface area contributed by atoms with Crippen molar-refractivity contribution >= 4 is 25.4 Å². The number of nitrogens with zero attached hydrogens (tertiary/aromatic N) is 1. The van der Waals surface area contributed by atoms with Gasteiger partial charge in [0, 0.05) is 17.1 Å². The Bertz CT molecular complexity index is 1070. The van der Waals surface area contributed by atoms with E-state index in [4.69, 9.17) is 9.73 Å². The second-order valence-corrected chi connectivity index (χ2v) is 11.7. The number of hydrogen-bond acceptors (Lipinski definition) is 2. The molecule has 1 unspecified atom stereocenters. The van der Waals surface area contributed by atoms with Crippen LogP contribution in [0.1, 0.15) is 63.8 Å². The van der Waals surface area contributed by atoms with Gasteiger partial charge in [0.15, 0.2) is 0 Å². The smallest absolute Gasteiger partial charge is 0.130 e. The molecule has 0 heterocycles. The number of benzene rings is 3. The van der Waals surface area contributed by atoms with Crippen molar-refractivity contribution in [2.45, 2.75) is 66.0 Å². The van der Waals surface area contributed by atoms with Gasteiger partial charge in [-0.1, -0.05) is 90.0 Å². The summed E-state index contributed by atoms with van der Waals surface area (Å²) in [5.41, 5.74) is 4.87. The number of aliphatic imine (C=N–C) groups is 1. The van der Waals surface area contributed by atoms with Crippen LogP contribution in [0.5, 0.6) is 5.75 Å². The predicted octanol–water partition coefficient (Wildman–Crippen LogP) is 6.72. The average Bonchev–Trinajstić information content (AvgIpc) is 2.72. The van der Waals surface area contributed by atoms with E-state index in [0.29, 0.717) is 15.2 Å². The largest absolute Gasteiger partial charge is 0.488 e. The molecule has 3 aromatic carbocycles. The summed E-state index contributed by atoms with van der Waals surface area (Å²) in [4.78, 5) is 4.75. The van der Waals surface area contributed by atoms with E-state index in [2.05, 4.69) is 109 Å². The first-order valence-electron chi connectivity index (χ1n) is 11.3. The molecule has 3 rings (SSSR count). The molecule has 0 saturated heterocycles. The van der Waals surface area contributed by atoms with Gasteiger partial charge in [-0.25, -0.2) is 0 Å². The van der Waals surface area contributed by atoms with Crippen LogP contribution in [0.3, 0.4) is 0 Å². The van der Waals surface area contributed by atoms with Gasteiger partial charge in [0.1, 0.15) is 12.4 Å². The van der Waals surface area contributed by atoms with Gasteiger partial charge in [-0.3, -0.25) is 4.99 Å². The van der Waals surface area contributed by atoms with Gasteiger partial charge in [0.05, 0.1) is 5.54 Å². The number of rotatable bonds is 6. The van der Waals surface area contributed by atoms with E-state index in [9.17, 15) is 0 Å². The Morgan fingerprint density at radius 2 is 1.50 bits per heavy atom. The topological polar surface area (TPSA) is 21.6 Å². The first-order chi connectivity index (χ1) is 15.0. The third kappa shape index (κ3) is 6.78. The highest BCUT2D eigenvalue weighted by Crippen LogP contribution is 2.31. The van der Waals surface area contributed by atoms with Crippen molar-refractivity contribution in [1.29, 1.82) is 0 Å². The van der Waals surface area contributed by atoms with E-state index < -0.39 is 0 Å². The first-order valence-corrected chi connectivity index (χ1v) is 12.3. The maximum Gasteiger partial charge on any atom is 0.130 e. The lowest BCUT2D eigenvalue weighted by atomic mass is 9.86. The maximum atomic E-state index is 6.42. The minimum absolute atomic E-state index is 0.0785. The van der Waals surface area contributed by atoms with Gasteiger partial charge < -0.3 is 4.74 Å². The molecular formula is C29H36NOP. The van der Waals surface area contributed by atoms with Crippen LogP contribution >= 0.6 is 8.58 Å². The minimum atomic E-state index is -0.0943. The molecule has 0 aliphatic carbocycles. The Morgan fingerprint density at radius 1 is 0.844 bits per heavy atom. The van der Waals surface area contributed by atoms with E-state index in [1.165, 1.54) is 32.9 Å². The fourth-order valence-corrected chi connectivity index (χ4v) is 4.73. The van der Waals surface area contributed by atoms with Crippen LogP contribution in [0.4, 0.5) is 0 Å². The monoisotopic (exact) mass is 445 g/mol. The summed E-state index contributed by atoms with van der Waals surface area (Å²) in [5, 5.41) is 2.54. The molecule has 0 N–H and O–H groups in total. The lowest BCUT2D eigenvalue weighted by Gasteiger charge is -2.24. The van der Waals surface area contributed by atoms with E-state index >= 15 is 0 Å². The second kappa shape index (κ2) is 10.0. The molecule has 0 bridgehead atoms. The molecule has 0 spiro atoms. The summed E-state index contributed by atoms with van der Waals surface area (Å²) in [7, 11) is 0.491. The van der Waals surface area contributed by atoms with Crippen LogP contribution in [-0.4, -0.2) is 11.8 Å². The zero-order valence-corrected chi connectivity index (χ0v) is 21.5. The van der Waals surface area contributed by atoms with Gasteiger partial charge in [-0.2, -0.15) is 0 Å². The molecule has 0 aliphatic rings. The van der Waals surface area contributed by atoms with Crippen molar-refractivity contribution in [3.05, 3.63) is 89.0 Å². The molecule has 0 fully saturated rings. The first kappa shape index (κ1) is 24.2. The fraction of sp³-hybridized carbons (Fsp3) is 0.345. The molecule has 0 aliphatic heterocycles. The molecule has 3 heteroatoms. The summed E-state index contributed by atoms with van der Waals surface area (Å²) in [6, 6.07) is 23.6. The third-order valence-corrected chi connectivity index (χ3v) is 6.55. The Balaban J connectivity index is 2.00. The van der Waals surface area contributed by atoms with Gasteiger partial charge in [0.2, 0.25) is 0 Å². The van der Waals surface area contributed by atoms with Crippen molar-refractivity contribution in [1.82, 2.24) is 0 Å². The summed E-state index contributed by atoms with van der Waals surface area (Å²) < 4.78 is 6.42. The van der Waals surface area contributed by atoms with Gasteiger partial charge in [-0.15, -0.1) is 0 Å². The van der Waals surface area contributed by atoms with Crippen molar-refractivity contribution < 1.29 is 4.74 Å². The predicted molar refractivity (Wildman–Crippen MR) is 142 cm³/mol. The van der Waals surface area contributed by atoms with Gasteiger partial charge in [-0.05, 0) is 61.2 Å². The van der Waals surface area contributed by atoms with Crippen LogP contribution in [0.15, 0.2) is 71.7 Å². The maximum absolute atomic E-state index is 6.42. The van der Waals surface area contributed by atoms with Crippen LogP contribution in [0, 0.1) is 6.92 Å². The Kier molecular flexibility index (Phi) is 7.57. The number of ether oxygens (including phenoxy) is 1. The molecule has 2 nitrogen and oxygen atoms in total. The standard InChI is InChI=1S/C29H36NOP/c1-21-17-24(28(2,3)4)18-26(27(21)31-20-22-13-9-8-10-14-22)32-25-16-12-11-15-23(25)19-30-29(5,6)7/h8-19,32H,20H2,1-7H3. The van der Waals surface area contributed by atoms with Crippen molar-refractivity contribution in [3.8, 4) is 5.75 Å². The number of aryl methyl sites for hydroxylation is 1. The highest BCUT2D eigenvalue weighted by atomic mass is 31.1. The number of hydrogen-bond donors (Lipinski definition) is 0. The van der Waals surface area contributed by atoms with E-state index in [-0.39, 0.29) is 11.0 Å². The lowest BCUT2D eigenvalue weighted by molar-refractivity contribution is 0.306. The summed E-state index contributed by atoms with van der Waals surface area (Å²) in [5.74, 6) is 1.00. The quantitative estimate of drug-likeness (QED) is 0.305. The summed E-state index contributed by atoms with van der Waals surface area (Å²) >= 11 is 0. The van der Waals surface area contributed by atoms with Crippen molar-refractivity contribution in [3.63, 3.8) is 0 Å². The molecular weight excluding hydrogens is 409 g/mol. The molecule has 32 heavy (non-hydrogen) atoms. The molecule has 0 aromatic heterocycles. The van der Waals surface area contributed by atoms with Crippen LogP contribution in [0.2, 0.25) is 0 Å². The van der Waals surface area contributed by atoms with Gasteiger partial charge >= 0.3 is 0 Å². The highest BCUT2D eigenvalue weighted by molar-refractivity contribution is 7.56. The fourth-order valence-electron chi connectivity index (χ4n) is 3.35. The van der Waals surface area contributed by atoms with Gasteiger partial charge in [0.25, 0.3) is 0 Å². The molecule has 3 aromatic rings. The average molecular weight is 446 g/mol. The summed E-state index contributed by atoms with van der Waals surface area (Å²) in [6.07, 6.45) is 2.02.